The predicted octanol–water partition coefficient (Wildman–Crippen LogP) is 30.6. The van der Waals surface area contributed by atoms with Crippen molar-refractivity contribution in [2.75, 3.05) is 0 Å². The molecule has 0 bridgehead atoms. The first-order chi connectivity index (χ1) is 64.4. The molecule has 0 unspecified atom stereocenters. The molecule has 136 heavy (non-hydrogen) atoms. The Morgan fingerprint density at radius 3 is 0.949 bits per heavy atom. The molecule has 16 nitrogen and oxygen atoms in total. The van der Waals surface area contributed by atoms with Gasteiger partial charge in [-0.15, -0.1) is 0 Å². The average molecular weight is 1890 g/mol. The SMILES string of the molecule is CC(=O)[C@@H](OC(C)(C)C)c1c(C)cc2cc(-c3ccccn3)ccc2c1-c1ccc(Cl)cc1.CC(=O)[C@@H](OC(C)(C)C)c1c(C)cc2cc(-c3cnccn3)ccc2c1-c1ccc(Cl)cc1.CC(=O)[C@@H](OC(C)(C)C)c1c(C)cc2cc(-c3cncnc3C)ccc2c1-c1ccc(Cl)cc1.CC(=O)[C@@H](OC(C)(C)C)c1c(C)cc2cc(-c3nccn4ccnc34)ccc2c1-c1ccc(Cl)cc1. The van der Waals surface area contributed by atoms with E-state index in [1.54, 1.807) is 71.2 Å². The number of fused-ring (bicyclic) bond motifs is 5. The Morgan fingerprint density at radius 1 is 0.309 bits per heavy atom. The van der Waals surface area contributed by atoms with Gasteiger partial charge in [-0.2, -0.15) is 0 Å². The molecule has 5 heterocycles. The Balaban J connectivity index is 0.000000145. The van der Waals surface area contributed by atoms with E-state index < -0.39 is 46.8 Å². The largest absolute Gasteiger partial charge is 0.360 e. The fourth-order valence-corrected chi connectivity index (χ4v) is 18.0. The van der Waals surface area contributed by atoms with Crippen LogP contribution in [0.5, 0.6) is 0 Å². The van der Waals surface area contributed by atoms with Crippen LogP contribution in [-0.4, -0.2) is 84.8 Å². The summed E-state index contributed by atoms with van der Waals surface area (Å²) in [6, 6.07) is 70.6. The summed E-state index contributed by atoms with van der Waals surface area (Å²) >= 11 is 24.8. The fraction of sp³-hybridized carbons (Fsp3) is 0.250. The van der Waals surface area contributed by atoms with Gasteiger partial charge in [0.05, 0.1) is 40.0 Å². The third kappa shape index (κ3) is 23.3. The number of hydrogen-bond donors (Lipinski definition) is 0. The van der Waals surface area contributed by atoms with Crippen LogP contribution in [0.3, 0.4) is 0 Å². The number of carbonyl (C=O) groups is 4. The number of ketones is 4. The predicted molar refractivity (Wildman–Crippen MR) is 556 cm³/mol. The summed E-state index contributed by atoms with van der Waals surface area (Å²) in [6.45, 7) is 40.1. The summed E-state index contributed by atoms with van der Waals surface area (Å²) in [4.78, 5) is 82.2. The summed E-state index contributed by atoms with van der Waals surface area (Å²) in [5.41, 5.74) is 22.9. The molecular weight excluding hydrogens is 1780 g/mol. The molecule has 17 aromatic rings. The van der Waals surface area contributed by atoms with Gasteiger partial charge < -0.3 is 23.3 Å². The second-order valence-corrected chi connectivity index (χ2v) is 40.1. The smallest absolute Gasteiger partial charge is 0.163 e. The highest BCUT2D eigenvalue weighted by Gasteiger charge is 2.35. The topological polar surface area (TPSA) is 200 Å². The van der Waals surface area contributed by atoms with Crippen molar-refractivity contribution in [3.63, 3.8) is 0 Å². The number of rotatable bonds is 20. The lowest BCUT2D eigenvalue weighted by Crippen LogP contribution is -2.27. The lowest BCUT2D eigenvalue weighted by molar-refractivity contribution is -0.139. The van der Waals surface area contributed by atoms with Crippen LogP contribution in [-0.2, 0) is 38.1 Å². The maximum atomic E-state index is 12.9. The van der Waals surface area contributed by atoms with Gasteiger partial charge >= 0.3 is 0 Å². The standard InChI is InChI=1S/C30H28ClN3O2.C29H29ClN2O2.C29H28ClNO2.C28H27ClN2O2/c1-18-16-22-17-21(27-29-33-13-15-34(29)14-12-32-27)8-11-24(22)26(20-6-9-23(31)10-7-20)25(18)28(19(2)35)36-30(3,4)5;1-17-13-22-14-21(25-15-31-16-32-18(25)2)9-12-24(22)27(20-7-10-23(30)11-8-20)26(17)28(19(3)33)34-29(4,5)6;1-18-16-22-17-21(25-8-6-7-15-31-25)11-14-24(22)27(20-9-12-23(30)13-10-20)26(18)28(19(2)32)33-29(3,4)5;1-17-14-21-15-20(24-16-30-12-13-31-24)8-11-23(21)26(19-6-9-22(29)10-7-19)25(17)27(18(2)32)33-28(3,4)5/h6-17,28H,1-5H3;7-16,28H,1-6H3;6-17,28H,1-5H3;6-16,27H,1-5H3/t3*28-;27-/m1111/s1. The summed E-state index contributed by atoms with van der Waals surface area (Å²) < 4.78 is 27.2. The van der Waals surface area contributed by atoms with E-state index >= 15 is 0 Å². The van der Waals surface area contributed by atoms with E-state index in [1.165, 1.54) is 0 Å². The summed E-state index contributed by atoms with van der Waals surface area (Å²) in [5, 5.41) is 11.1. The molecule has 0 aliphatic heterocycles. The molecule has 692 valence electrons. The van der Waals surface area contributed by atoms with E-state index in [4.69, 9.17) is 65.4 Å². The van der Waals surface area contributed by atoms with Gasteiger partial charge in [-0.1, -0.05) is 174 Å². The maximum Gasteiger partial charge on any atom is 0.163 e. The molecule has 0 saturated heterocycles. The molecule has 4 atom stereocenters. The monoisotopic (exact) mass is 1880 g/mol. The third-order valence-electron chi connectivity index (χ3n) is 23.1. The molecular formula is C116H112Cl4N8O8. The van der Waals surface area contributed by atoms with Crippen molar-refractivity contribution in [2.45, 2.75) is 192 Å². The first-order valence-corrected chi connectivity index (χ1v) is 46.7. The minimum atomic E-state index is -0.694. The van der Waals surface area contributed by atoms with Crippen LogP contribution in [0.2, 0.25) is 20.1 Å². The van der Waals surface area contributed by atoms with Crippen molar-refractivity contribution in [2.24, 2.45) is 0 Å². The number of hydrogen-bond acceptors (Lipinski definition) is 15. The third-order valence-corrected chi connectivity index (χ3v) is 24.1. The Kier molecular flexibility index (Phi) is 30.3. The second-order valence-electron chi connectivity index (χ2n) is 38.3. The lowest BCUT2D eigenvalue weighted by atomic mass is 9.85. The zero-order valence-electron chi connectivity index (χ0n) is 80.6. The van der Waals surface area contributed by atoms with Crippen LogP contribution >= 0.6 is 46.4 Å². The van der Waals surface area contributed by atoms with Crippen LogP contribution in [0, 0.1) is 34.6 Å². The molecule has 0 saturated carbocycles. The highest BCUT2D eigenvalue weighted by Crippen LogP contribution is 2.49. The normalized spacial score (nSPS) is 12.7. The Bertz CT molecular complexity index is 7120. The van der Waals surface area contributed by atoms with Crippen LogP contribution in [0.1, 0.15) is 185 Å². The minimum Gasteiger partial charge on any atom is -0.360 e. The number of nitrogens with zero attached hydrogens (tertiary/aromatic N) is 8. The van der Waals surface area contributed by atoms with Crippen LogP contribution < -0.4 is 0 Å². The molecule has 20 heteroatoms. The van der Waals surface area contributed by atoms with Crippen molar-refractivity contribution in [1.29, 1.82) is 0 Å². The first kappa shape index (κ1) is 99.3. The van der Waals surface area contributed by atoms with Crippen molar-refractivity contribution in [3.8, 4) is 89.4 Å². The van der Waals surface area contributed by atoms with Crippen molar-refractivity contribution >= 4 is 118 Å². The summed E-state index contributed by atoms with van der Waals surface area (Å²) in [5.74, 6) is -0.109. The molecule has 0 radical (unpaired) electrons. The number of carbonyl (C=O) groups excluding carboxylic acids is 4. The number of imidazole rings is 1. The Labute approximate surface area is 816 Å². The zero-order valence-corrected chi connectivity index (χ0v) is 83.7. The van der Waals surface area contributed by atoms with Gasteiger partial charge in [0.1, 0.15) is 36.4 Å². The van der Waals surface area contributed by atoms with Gasteiger partial charge in [0.2, 0.25) is 0 Å². The summed E-state index contributed by atoms with van der Waals surface area (Å²) in [6.07, 6.45) is 14.9. The molecule has 0 amide bonds. The zero-order chi connectivity index (χ0) is 97.7. The summed E-state index contributed by atoms with van der Waals surface area (Å²) in [7, 11) is 0. The lowest BCUT2D eigenvalue weighted by Gasteiger charge is -2.29. The van der Waals surface area contributed by atoms with Crippen molar-refractivity contribution in [3.05, 3.63) is 345 Å². The van der Waals surface area contributed by atoms with Crippen molar-refractivity contribution < 1.29 is 38.1 Å². The van der Waals surface area contributed by atoms with Gasteiger partial charge in [0.25, 0.3) is 0 Å². The van der Waals surface area contributed by atoms with E-state index in [2.05, 4.69) is 126 Å². The van der Waals surface area contributed by atoms with Crippen LogP contribution in [0.4, 0.5) is 0 Å². The van der Waals surface area contributed by atoms with Gasteiger partial charge in [-0.05, 0) is 368 Å². The van der Waals surface area contributed by atoms with Gasteiger partial charge in [-0.25, -0.2) is 15.0 Å². The number of pyridine rings is 1. The van der Waals surface area contributed by atoms with Gasteiger partial charge in [0.15, 0.2) is 28.8 Å². The van der Waals surface area contributed by atoms with E-state index in [0.29, 0.717) is 20.1 Å². The molecule has 0 aliphatic carbocycles. The number of ether oxygens (including phenoxy) is 4. The minimum absolute atomic E-state index is 0.0207. The number of Topliss-reactive ketones (excluding diaryl/α,β-unsaturated/α-hetero) is 4. The molecule has 0 fully saturated rings. The molecule has 5 aromatic heterocycles. The number of halogens is 4. The highest BCUT2D eigenvalue weighted by atomic mass is 35.5. The average Bonchev–Trinajstić information content (AvgIpc) is 0.782. The molecule has 0 spiro atoms. The molecule has 17 rings (SSSR count). The van der Waals surface area contributed by atoms with Crippen LogP contribution in [0.15, 0.2) is 274 Å². The maximum absolute atomic E-state index is 12.9. The molecule has 0 N–H and O–H groups in total. The van der Waals surface area contributed by atoms with E-state index in [-0.39, 0.29) is 23.1 Å². The van der Waals surface area contributed by atoms with E-state index in [0.717, 1.165) is 188 Å². The highest BCUT2D eigenvalue weighted by molar-refractivity contribution is 6.32. The Hall–Kier alpha value is -12.7. The fourth-order valence-electron chi connectivity index (χ4n) is 17.5. The van der Waals surface area contributed by atoms with Crippen LogP contribution in [0.25, 0.3) is 138 Å². The molecule has 0 aliphatic rings. The van der Waals surface area contributed by atoms with Crippen molar-refractivity contribution in [1.82, 2.24) is 39.3 Å². The number of benzene rings is 12. The number of aromatic nitrogens is 8. The number of aryl methyl sites for hydroxylation is 5. The second kappa shape index (κ2) is 41.5. The first-order valence-electron chi connectivity index (χ1n) is 45.2. The Morgan fingerprint density at radius 2 is 0.625 bits per heavy atom. The van der Waals surface area contributed by atoms with Gasteiger partial charge in [0, 0.05) is 97.6 Å². The quantitative estimate of drug-likeness (QED) is 0.0697. The van der Waals surface area contributed by atoms with E-state index in [9.17, 15) is 19.2 Å². The van der Waals surface area contributed by atoms with Gasteiger partial charge in [-0.3, -0.25) is 39.1 Å². The van der Waals surface area contributed by atoms with E-state index in [1.807, 2.05) is 262 Å². The molecule has 12 aromatic carbocycles.